The highest BCUT2D eigenvalue weighted by molar-refractivity contribution is 6.31. The molecule has 0 aliphatic rings. The van der Waals surface area contributed by atoms with Crippen LogP contribution >= 0.6 is 11.6 Å². The van der Waals surface area contributed by atoms with Gasteiger partial charge in [-0.15, -0.1) is 5.10 Å². The molecule has 0 fully saturated rings. The second-order valence-corrected chi connectivity index (χ2v) is 4.76. The van der Waals surface area contributed by atoms with Gasteiger partial charge in [0.25, 0.3) is 5.91 Å². The minimum absolute atomic E-state index is 0.137. The van der Waals surface area contributed by atoms with Crippen molar-refractivity contribution in [2.24, 2.45) is 0 Å². The van der Waals surface area contributed by atoms with Crippen molar-refractivity contribution in [2.45, 2.75) is 13.5 Å². The van der Waals surface area contributed by atoms with Crippen molar-refractivity contribution in [3.8, 4) is 5.69 Å². The number of amides is 1. The predicted octanol–water partition coefficient (Wildman–Crippen LogP) is 0.937. The number of aromatic nitrogens is 6. The summed E-state index contributed by atoms with van der Waals surface area (Å²) in [5.74, 6) is 0.466. The Morgan fingerprint density at radius 3 is 3.00 bits per heavy atom. The van der Waals surface area contributed by atoms with Crippen molar-refractivity contribution in [3.63, 3.8) is 0 Å². The van der Waals surface area contributed by atoms with Gasteiger partial charge in [-0.1, -0.05) is 16.8 Å². The number of tetrazole rings is 1. The van der Waals surface area contributed by atoms with E-state index in [0.717, 1.165) is 0 Å². The highest BCUT2D eigenvalue weighted by Crippen LogP contribution is 2.19. The van der Waals surface area contributed by atoms with E-state index in [1.54, 1.807) is 19.1 Å². The number of halogens is 1. The monoisotopic (exact) mass is 319 g/mol. The molecule has 22 heavy (non-hydrogen) atoms. The van der Waals surface area contributed by atoms with Gasteiger partial charge in [0, 0.05) is 11.9 Å². The van der Waals surface area contributed by atoms with E-state index in [1.807, 2.05) is 0 Å². The number of rotatable bonds is 4. The van der Waals surface area contributed by atoms with Gasteiger partial charge in [-0.3, -0.25) is 4.79 Å². The van der Waals surface area contributed by atoms with E-state index in [1.165, 1.54) is 17.1 Å². The van der Waals surface area contributed by atoms with E-state index < -0.39 is 0 Å². The molecule has 0 radical (unpaired) electrons. The van der Waals surface area contributed by atoms with Gasteiger partial charge in [0.1, 0.15) is 6.33 Å². The molecule has 1 aromatic carbocycles. The maximum absolute atomic E-state index is 12.4. The topological polar surface area (TPSA) is 112 Å². The number of nitrogens with one attached hydrogen (secondary N) is 1. The summed E-state index contributed by atoms with van der Waals surface area (Å²) in [7, 11) is 0. The van der Waals surface area contributed by atoms with Crippen LogP contribution in [0.1, 0.15) is 22.1 Å². The second-order valence-electron chi connectivity index (χ2n) is 4.33. The Bertz CT molecular complexity index is 800. The van der Waals surface area contributed by atoms with Crippen molar-refractivity contribution >= 4 is 17.5 Å². The second kappa shape index (κ2) is 5.90. The number of benzene rings is 1. The summed E-state index contributed by atoms with van der Waals surface area (Å²) in [5, 5.41) is 17.7. The van der Waals surface area contributed by atoms with Gasteiger partial charge in [-0.05, 0) is 28.6 Å². The largest absolute Gasteiger partial charge is 0.345 e. The molecule has 112 valence electrons. The van der Waals surface area contributed by atoms with Gasteiger partial charge < -0.3 is 9.84 Å². The maximum atomic E-state index is 12.4. The molecule has 0 spiro atoms. The summed E-state index contributed by atoms with van der Waals surface area (Å²) < 4.78 is 6.22. The first-order valence-electron chi connectivity index (χ1n) is 6.24. The molecule has 1 N–H and O–H groups in total. The molecule has 0 aliphatic carbocycles. The average molecular weight is 320 g/mol. The van der Waals surface area contributed by atoms with Gasteiger partial charge in [-0.2, -0.15) is 9.67 Å². The van der Waals surface area contributed by atoms with Crippen molar-refractivity contribution in [1.29, 1.82) is 0 Å². The molecule has 3 aromatic rings. The zero-order valence-corrected chi connectivity index (χ0v) is 12.2. The van der Waals surface area contributed by atoms with Gasteiger partial charge >= 0.3 is 0 Å². The first-order chi connectivity index (χ1) is 10.6. The maximum Gasteiger partial charge on any atom is 0.253 e. The minimum Gasteiger partial charge on any atom is -0.345 e. The molecule has 10 heteroatoms. The first kappa shape index (κ1) is 14.1. The Labute approximate surface area is 129 Å². The minimum atomic E-state index is -0.351. The molecule has 0 unspecified atom stereocenters. The third-order valence-corrected chi connectivity index (χ3v) is 3.01. The molecule has 9 nitrogen and oxygen atoms in total. The van der Waals surface area contributed by atoms with E-state index in [-0.39, 0.29) is 12.5 Å². The molecule has 0 atom stereocenters. The van der Waals surface area contributed by atoms with E-state index in [2.05, 4.69) is 31.0 Å². The highest BCUT2D eigenvalue weighted by atomic mass is 35.5. The van der Waals surface area contributed by atoms with Crippen molar-refractivity contribution in [2.75, 3.05) is 0 Å². The van der Waals surface area contributed by atoms with Crippen LogP contribution in [0.2, 0.25) is 5.02 Å². The average Bonchev–Trinajstić information content (AvgIpc) is 3.16. The third kappa shape index (κ3) is 2.93. The summed E-state index contributed by atoms with van der Waals surface area (Å²) in [6.07, 6.45) is 1.39. The number of hydrogen-bond donors (Lipinski definition) is 1. The van der Waals surface area contributed by atoms with Gasteiger partial charge in [0.05, 0.1) is 17.8 Å². The van der Waals surface area contributed by atoms with Crippen molar-refractivity contribution < 1.29 is 9.32 Å². The molecule has 0 saturated heterocycles. The van der Waals surface area contributed by atoms with Crippen molar-refractivity contribution in [1.82, 2.24) is 35.7 Å². The van der Waals surface area contributed by atoms with Crippen LogP contribution in [0, 0.1) is 6.92 Å². The zero-order valence-electron chi connectivity index (χ0n) is 11.4. The number of nitrogens with zero attached hydrogens (tertiary/aromatic N) is 6. The molecule has 0 bridgehead atoms. The van der Waals surface area contributed by atoms with Crippen LogP contribution in [-0.2, 0) is 6.54 Å². The summed E-state index contributed by atoms with van der Waals surface area (Å²) in [5.41, 5.74) is 0.844. The molecule has 2 heterocycles. The smallest absolute Gasteiger partial charge is 0.253 e. The lowest BCUT2D eigenvalue weighted by atomic mass is 10.1. The predicted molar refractivity (Wildman–Crippen MR) is 74.4 cm³/mol. The van der Waals surface area contributed by atoms with Crippen LogP contribution in [0.3, 0.4) is 0 Å². The molecule has 2 aromatic heterocycles. The van der Waals surface area contributed by atoms with E-state index in [4.69, 9.17) is 16.1 Å². The van der Waals surface area contributed by atoms with Gasteiger partial charge in [-0.25, -0.2) is 0 Å². The number of carbonyl (C=O) groups excluding carboxylic acids is 1. The normalized spacial score (nSPS) is 10.6. The lowest BCUT2D eigenvalue weighted by Gasteiger charge is -2.09. The van der Waals surface area contributed by atoms with Crippen LogP contribution in [0.4, 0.5) is 0 Å². The summed E-state index contributed by atoms with van der Waals surface area (Å²) >= 11 is 5.96. The fraction of sp³-hybridized carbons (Fsp3) is 0.167. The van der Waals surface area contributed by atoms with Crippen LogP contribution in [0.5, 0.6) is 0 Å². The molecular formula is C12H10ClN7O2. The molecule has 0 saturated carbocycles. The SMILES string of the molecule is Cc1nc(CNC(=O)c2cc(Cl)ccc2-n2cnnn2)no1. The summed E-state index contributed by atoms with van der Waals surface area (Å²) in [6.45, 7) is 1.81. The Morgan fingerprint density at radius 1 is 1.45 bits per heavy atom. The Morgan fingerprint density at radius 2 is 2.32 bits per heavy atom. The molecule has 3 rings (SSSR count). The number of carbonyl (C=O) groups is 1. The summed E-state index contributed by atoms with van der Waals surface area (Å²) in [6, 6.07) is 4.85. The standard InChI is InChI=1S/C12H10ClN7O2/c1-7-16-11(17-22-7)5-14-12(21)9-4-8(13)2-3-10(9)20-6-15-18-19-20/h2-4,6H,5H2,1H3,(H,14,21). The Hall–Kier alpha value is -2.81. The molecular weight excluding hydrogens is 310 g/mol. The molecule has 0 aliphatic heterocycles. The van der Waals surface area contributed by atoms with Crippen LogP contribution in [0.15, 0.2) is 29.0 Å². The highest BCUT2D eigenvalue weighted by Gasteiger charge is 2.15. The number of hydrogen-bond acceptors (Lipinski definition) is 7. The third-order valence-electron chi connectivity index (χ3n) is 2.78. The van der Waals surface area contributed by atoms with Crippen LogP contribution < -0.4 is 5.32 Å². The first-order valence-corrected chi connectivity index (χ1v) is 6.61. The van der Waals surface area contributed by atoms with E-state index >= 15 is 0 Å². The molecule has 1 amide bonds. The Balaban J connectivity index is 1.83. The zero-order chi connectivity index (χ0) is 15.5. The fourth-order valence-electron chi connectivity index (χ4n) is 1.83. The van der Waals surface area contributed by atoms with Gasteiger partial charge in [0.2, 0.25) is 5.89 Å². The van der Waals surface area contributed by atoms with Crippen LogP contribution in [-0.4, -0.2) is 36.3 Å². The lowest BCUT2D eigenvalue weighted by molar-refractivity contribution is 0.0949. The lowest BCUT2D eigenvalue weighted by Crippen LogP contribution is -2.25. The van der Waals surface area contributed by atoms with Gasteiger partial charge in [0.15, 0.2) is 5.82 Å². The van der Waals surface area contributed by atoms with Crippen molar-refractivity contribution in [3.05, 3.63) is 46.8 Å². The van der Waals surface area contributed by atoms with E-state index in [0.29, 0.717) is 28.0 Å². The van der Waals surface area contributed by atoms with Crippen LogP contribution in [0.25, 0.3) is 5.69 Å². The number of aryl methyl sites for hydroxylation is 1. The fourth-order valence-corrected chi connectivity index (χ4v) is 2.00. The van der Waals surface area contributed by atoms with E-state index in [9.17, 15) is 4.79 Å². The quantitative estimate of drug-likeness (QED) is 0.761. The Kier molecular flexibility index (Phi) is 3.79. The summed E-state index contributed by atoms with van der Waals surface area (Å²) in [4.78, 5) is 16.4.